The molecule has 1 aliphatic rings. The van der Waals surface area contributed by atoms with Crippen molar-refractivity contribution in [2.24, 2.45) is 5.41 Å². The molecule has 0 atom stereocenters. The van der Waals surface area contributed by atoms with Crippen LogP contribution in [0.4, 0.5) is 0 Å². The smallest absolute Gasteiger partial charge is 0.324 e. The Kier molecular flexibility index (Phi) is 2.69. The first kappa shape index (κ1) is 9.05. The third-order valence-corrected chi connectivity index (χ3v) is 2.58. The highest BCUT2D eigenvalue weighted by Crippen LogP contribution is 2.34. The van der Waals surface area contributed by atoms with E-state index in [2.05, 4.69) is 0 Å². The molecule has 3 nitrogen and oxygen atoms in total. The van der Waals surface area contributed by atoms with Gasteiger partial charge < -0.3 is 5.11 Å². The van der Waals surface area contributed by atoms with Crippen LogP contribution < -0.4 is 0 Å². The van der Waals surface area contributed by atoms with Gasteiger partial charge in [0, 0.05) is 0 Å². The predicted octanol–water partition coefficient (Wildman–Crippen LogP) is 1.94. The molecule has 0 amide bonds. The van der Waals surface area contributed by atoms with Crippen molar-refractivity contribution in [1.82, 2.24) is 0 Å². The lowest BCUT2D eigenvalue weighted by Gasteiger charge is -2.18. The minimum absolute atomic E-state index is 0.527. The van der Waals surface area contributed by atoms with Gasteiger partial charge in [-0.25, -0.2) is 0 Å². The first-order valence-electron chi connectivity index (χ1n) is 4.36. The number of carbonyl (C=O) groups is 1. The highest BCUT2D eigenvalue weighted by atomic mass is 16.4. The van der Waals surface area contributed by atoms with E-state index in [1.807, 2.05) is 6.07 Å². The van der Waals surface area contributed by atoms with E-state index in [9.17, 15) is 4.79 Å². The van der Waals surface area contributed by atoms with E-state index >= 15 is 0 Å². The number of carboxylic acid groups (broad SMARTS) is 1. The third-order valence-electron chi connectivity index (χ3n) is 2.58. The lowest BCUT2D eigenvalue weighted by molar-refractivity contribution is -0.146. The SMILES string of the molecule is N#CC1(C(=O)O)CCCCCC1. The number of rotatable bonds is 1. The minimum atomic E-state index is -1.07. The zero-order valence-corrected chi connectivity index (χ0v) is 7.05. The van der Waals surface area contributed by atoms with Gasteiger partial charge in [0.1, 0.15) is 0 Å². The van der Waals surface area contributed by atoms with E-state index in [0.717, 1.165) is 25.7 Å². The van der Waals surface area contributed by atoms with Gasteiger partial charge in [-0.3, -0.25) is 4.79 Å². The van der Waals surface area contributed by atoms with E-state index in [1.165, 1.54) is 0 Å². The molecule has 0 radical (unpaired) electrons. The van der Waals surface area contributed by atoms with Crippen LogP contribution in [-0.4, -0.2) is 11.1 Å². The molecule has 66 valence electrons. The van der Waals surface area contributed by atoms with Crippen molar-refractivity contribution in [3.8, 4) is 6.07 Å². The Morgan fingerprint density at radius 2 is 1.75 bits per heavy atom. The predicted molar refractivity (Wildman–Crippen MR) is 43.4 cm³/mol. The van der Waals surface area contributed by atoms with Crippen LogP contribution in [0.3, 0.4) is 0 Å². The number of aliphatic carboxylic acids is 1. The van der Waals surface area contributed by atoms with Crippen LogP contribution in [0.5, 0.6) is 0 Å². The van der Waals surface area contributed by atoms with Gasteiger partial charge in [0.15, 0.2) is 5.41 Å². The summed E-state index contributed by atoms with van der Waals surface area (Å²) in [7, 11) is 0. The summed E-state index contributed by atoms with van der Waals surface area (Å²) >= 11 is 0. The second kappa shape index (κ2) is 3.57. The van der Waals surface area contributed by atoms with E-state index in [-0.39, 0.29) is 0 Å². The van der Waals surface area contributed by atoms with Gasteiger partial charge in [-0.2, -0.15) is 5.26 Å². The first-order chi connectivity index (χ1) is 5.71. The van der Waals surface area contributed by atoms with Gasteiger partial charge in [0.05, 0.1) is 6.07 Å². The fourth-order valence-corrected chi connectivity index (χ4v) is 1.71. The molecule has 0 aromatic heterocycles. The van der Waals surface area contributed by atoms with Crippen molar-refractivity contribution in [3.63, 3.8) is 0 Å². The molecule has 0 bridgehead atoms. The minimum Gasteiger partial charge on any atom is -0.480 e. The number of hydrogen-bond donors (Lipinski definition) is 1. The quantitative estimate of drug-likeness (QED) is 0.607. The summed E-state index contributed by atoms with van der Waals surface area (Å²) in [5.41, 5.74) is -1.07. The zero-order chi connectivity index (χ0) is 9.03. The van der Waals surface area contributed by atoms with Crippen LogP contribution in [0.15, 0.2) is 0 Å². The molecule has 1 aliphatic carbocycles. The lowest BCUT2D eigenvalue weighted by Crippen LogP contribution is -2.28. The standard InChI is InChI=1S/C9H13NO2/c10-7-9(8(11)12)5-3-1-2-4-6-9/h1-6H2,(H,11,12). The summed E-state index contributed by atoms with van der Waals surface area (Å²) in [6, 6.07) is 1.96. The summed E-state index contributed by atoms with van der Waals surface area (Å²) in [5.74, 6) is -0.938. The Hall–Kier alpha value is -1.04. The topological polar surface area (TPSA) is 61.1 Å². The van der Waals surface area contributed by atoms with Crippen molar-refractivity contribution in [2.45, 2.75) is 38.5 Å². The molecule has 3 heteroatoms. The Morgan fingerprint density at radius 3 is 2.08 bits per heavy atom. The van der Waals surface area contributed by atoms with Gasteiger partial charge in [-0.05, 0) is 12.8 Å². The third kappa shape index (κ3) is 1.58. The van der Waals surface area contributed by atoms with Crippen molar-refractivity contribution < 1.29 is 9.90 Å². The highest BCUT2D eigenvalue weighted by molar-refractivity contribution is 5.77. The average molecular weight is 167 g/mol. The molecule has 1 rings (SSSR count). The van der Waals surface area contributed by atoms with Crippen LogP contribution in [0.2, 0.25) is 0 Å². The normalized spacial score (nSPS) is 22.2. The summed E-state index contributed by atoms with van der Waals surface area (Å²) < 4.78 is 0. The maximum atomic E-state index is 10.8. The van der Waals surface area contributed by atoms with Crippen molar-refractivity contribution >= 4 is 5.97 Å². The van der Waals surface area contributed by atoms with Gasteiger partial charge in [0.25, 0.3) is 0 Å². The number of carboxylic acids is 1. The van der Waals surface area contributed by atoms with E-state index in [0.29, 0.717) is 12.8 Å². The Bertz CT molecular complexity index is 209. The molecular formula is C9H13NO2. The zero-order valence-electron chi connectivity index (χ0n) is 7.05. The monoisotopic (exact) mass is 167 g/mol. The van der Waals surface area contributed by atoms with Crippen LogP contribution in [0.1, 0.15) is 38.5 Å². The summed E-state index contributed by atoms with van der Waals surface area (Å²) in [6.07, 6.45) is 4.94. The lowest BCUT2D eigenvalue weighted by atomic mass is 9.82. The molecule has 0 aromatic rings. The molecule has 0 aliphatic heterocycles. The van der Waals surface area contributed by atoms with Crippen molar-refractivity contribution in [3.05, 3.63) is 0 Å². The molecule has 1 N–H and O–H groups in total. The van der Waals surface area contributed by atoms with Gasteiger partial charge in [-0.1, -0.05) is 25.7 Å². The maximum absolute atomic E-state index is 10.8. The van der Waals surface area contributed by atoms with E-state index < -0.39 is 11.4 Å². The summed E-state index contributed by atoms with van der Waals surface area (Å²) in [4.78, 5) is 10.8. The van der Waals surface area contributed by atoms with Crippen molar-refractivity contribution in [2.75, 3.05) is 0 Å². The summed E-state index contributed by atoms with van der Waals surface area (Å²) in [5, 5.41) is 17.7. The molecule has 0 unspecified atom stereocenters. The van der Waals surface area contributed by atoms with E-state index in [1.54, 1.807) is 0 Å². The van der Waals surface area contributed by atoms with Crippen LogP contribution in [0, 0.1) is 16.7 Å². The molecule has 1 fully saturated rings. The highest BCUT2D eigenvalue weighted by Gasteiger charge is 2.38. The molecule has 0 aromatic carbocycles. The van der Waals surface area contributed by atoms with E-state index in [4.69, 9.17) is 10.4 Å². The Balaban J connectivity index is 2.77. The first-order valence-corrected chi connectivity index (χ1v) is 4.36. The van der Waals surface area contributed by atoms with Gasteiger partial charge >= 0.3 is 5.97 Å². The number of hydrogen-bond acceptors (Lipinski definition) is 2. The fraction of sp³-hybridized carbons (Fsp3) is 0.778. The molecule has 0 spiro atoms. The Morgan fingerprint density at radius 1 is 1.25 bits per heavy atom. The molecule has 0 heterocycles. The molecular weight excluding hydrogens is 154 g/mol. The largest absolute Gasteiger partial charge is 0.480 e. The summed E-state index contributed by atoms with van der Waals surface area (Å²) in [6.45, 7) is 0. The van der Waals surface area contributed by atoms with Crippen LogP contribution in [0.25, 0.3) is 0 Å². The average Bonchev–Trinajstić information content (AvgIpc) is 2.29. The molecule has 12 heavy (non-hydrogen) atoms. The fourth-order valence-electron chi connectivity index (χ4n) is 1.71. The second-order valence-electron chi connectivity index (χ2n) is 3.41. The van der Waals surface area contributed by atoms with Crippen LogP contribution >= 0.6 is 0 Å². The molecule has 1 saturated carbocycles. The maximum Gasteiger partial charge on any atom is 0.324 e. The number of nitrogens with zero attached hydrogens (tertiary/aromatic N) is 1. The van der Waals surface area contributed by atoms with Crippen LogP contribution in [-0.2, 0) is 4.79 Å². The Labute approximate surface area is 72.0 Å². The van der Waals surface area contributed by atoms with Crippen molar-refractivity contribution in [1.29, 1.82) is 5.26 Å². The number of nitriles is 1. The second-order valence-corrected chi connectivity index (χ2v) is 3.41. The van der Waals surface area contributed by atoms with Gasteiger partial charge in [-0.15, -0.1) is 0 Å². The molecule has 0 saturated heterocycles. The van der Waals surface area contributed by atoms with Gasteiger partial charge in [0.2, 0.25) is 0 Å².